The molecular weight excluding hydrogens is 318 g/mol. The van der Waals surface area contributed by atoms with Crippen LogP contribution in [-0.4, -0.2) is 50.3 Å². The molecule has 3 heterocycles. The fraction of sp³-hybridized carbons (Fsp3) is 0.500. The van der Waals surface area contributed by atoms with Gasteiger partial charge in [-0.2, -0.15) is 0 Å². The molecule has 0 bridgehead atoms. The third-order valence-corrected chi connectivity index (χ3v) is 3.65. The molecule has 0 unspecified atom stereocenters. The molecule has 0 spiro atoms. The zero-order valence-corrected chi connectivity index (χ0v) is 13.2. The second-order valence-electron chi connectivity index (χ2n) is 5.40. The number of aromatic nitrogens is 4. The van der Waals surface area contributed by atoms with E-state index in [0.29, 0.717) is 17.6 Å². The maximum absolute atomic E-state index is 11.3. The normalized spacial score (nSPS) is 23.3. The van der Waals surface area contributed by atoms with Crippen LogP contribution in [0, 0.1) is 0 Å². The number of carbonyl (C=O) groups is 2. The number of esters is 2. The maximum Gasteiger partial charge on any atom is 0.303 e. The van der Waals surface area contributed by atoms with Crippen molar-refractivity contribution >= 4 is 28.9 Å². The molecule has 0 amide bonds. The molecule has 1 fully saturated rings. The SMILES string of the molecule is CC(=O)OC[C@H]1O[C@@H](n2cnc3c(N)ncnc32)C[C@@H]1OC(C)=O. The second-order valence-corrected chi connectivity index (χ2v) is 5.40. The van der Waals surface area contributed by atoms with Crippen molar-refractivity contribution in [2.45, 2.75) is 38.7 Å². The average molecular weight is 335 g/mol. The lowest BCUT2D eigenvalue weighted by atomic mass is 10.2. The number of nitrogen functional groups attached to an aromatic ring is 1. The van der Waals surface area contributed by atoms with Gasteiger partial charge in [0.05, 0.1) is 6.33 Å². The molecule has 10 heteroatoms. The monoisotopic (exact) mass is 335 g/mol. The molecule has 3 rings (SSSR count). The first-order valence-corrected chi connectivity index (χ1v) is 7.34. The van der Waals surface area contributed by atoms with Crippen LogP contribution in [0.15, 0.2) is 12.7 Å². The Bertz CT molecular complexity index is 776. The molecule has 0 saturated carbocycles. The number of rotatable bonds is 4. The van der Waals surface area contributed by atoms with Gasteiger partial charge in [-0.05, 0) is 0 Å². The first-order chi connectivity index (χ1) is 11.5. The van der Waals surface area contributed by atoms with Crippen LogP contribution < -0.4 is 5.73 Å². The van der Waals surface area contributed by atoms with Crippen LogP contribution in [0.25, 0.3) is 11.2 Å². The van der Waals surface area contributed by atoms with E-state index in [9.17, 15) is 9.59 Å². The van der Waals surface area contributed by atoms with Crippen molar-refractivity contribution in [1.29, 1.82) is 0 Å². The van der Waals surface area contributed by atoms with Gasteiger partial charge in [0.25, 0.3) is 0 Å². The van der Waals surface area contributed by atoms with Crippen molar-refractivity contribution in [2.75, 3.05) is 12.3 Å². The van der Waals surface area contributed by atoms with Gasteiger partial charge in [0.15, 0.2) is 11.5 Å². The fourth-order valence-electron chi connectivity index (χ4n) is 2.64. The van der Waals surface area contributed by atoms with E-state index in [2.05, 4.69) is 15.0 Å². The highest BCUT2D eigenvalue weighted by molar-refractivity contribution is 5.81. The third kappa shape index (κ3) is 3.13. The highest BCUT2D eigenvalue weighted by atomic mass is 16.6. The van der Waals surface area contributed by atoms with E-state index >= 15 is 0 Å². The summed E-state index contributed by atoms with van der Waals surface area (Å²) < 4.78 is 17.8. The molecule has 0 aromatic carbocycles. The summed E-state index contributed by atoms with van der Waals surface area (Å²) in [7, 11) is 0. The molecule has 1 aliphatic rings. The van der Waals surface area contributed by atoms with Gasteiger partial charge < -0.3 is 19.9 Å². The van der Waals surface area contributed by atoms with E-state index < -0.39 is 30.4 Å². The standard InChI is InChI=1S/C14H17N5O5/c1-7(20)22-4-10-9(23-8(2)21)3-11(24-10)19-6-18-12-13(15)16-5-17-14(12)19/h5-6,9-11H,3-4H2,1-2H3,(H2,15,16,17)/t9-,10+,11+/m0/s1. The van der Waals surface area contributed by atoms with Crippen LogP contribution >= 0.6 is 0 Å². The number of carbonyl (C=O) groups excluding carboxylic acids is 2. The van der Waals surface area contributed by atoms with E-state index in [1.54, 1.807) is 10.9 Å². The quantitative estimate of drug-likeness (QED) is 0.777. The first kappa shape index (κ1) is 16.1. The number of hydrogen-bond acceptors (Lipinski definition) is 9. The molecule has 3 atom stereocenters. The largest absolute Gasteiger partial charge is 0.463 e. The Hall–Kier alpha value is -2.75. The molecule has 2 aromatic heterocycles. The lowest BCUT2D eigenvalue weighted by Crippen LogP contribution is -2.31. The second kappa shape index (κ2) is 6.40. The Kier molecular flexibility index (Phi) is 4.30. The molecule has 2 aromatic rings. The highest BCUT2D eigenvalue weighted by Gasteiger charge is 2.39. The van der Waals surface area contributed by atoms with Crippen LogP contribution in [0.2, 0.25) is 0 Å². The molecule has 128 valence electrons. The average Bonchev–Trinajstić information content (AvgIpc) is 3.09. The number of nitrogens with two attached hydrogens (primary N) is 1. The van der Waals surface area contributed by atoms with E-state index in [1.807, 2.05) is 0 Å². The predicted octanol–water partition coefficient (Wildman–Crippen LogP) is 0.191. The van der Waals surface area contributed by atoms with Gasteiger partial charge in [-0.1, -0.05) is 0 Å². The number of anilines is 1. The van der Waals surface area contributed by atoms with Gasteiger partial charge in [0.2, 0.25) is 0 Å². The van der Waals surface area contributed by atoms with Crippen LogP contribution in [0.5, 0.6) is 0 Å². The summed E-state index contributed by atoms with van der Waals surface area (Å²) >= 11 is 0. The van der Waals surface area contributed by atoms with Crippen molar-refractivity contribution in [3.63, 3.8) is 0 Å². The van der Waals surface area contributed by atoms with Gasteiger partial charge in [0, 0.05) is 20.3 Å². The lowest BCUT2D eigenvalue weighted by Gasteiger charge is -2.17. The van der Waals surface area contributed by atoms with Crippen molar-refractivity contribution in [3.05, 3.63) is 12.7 Å². The van der Waals surface area contributed by atoms with Crippen molar-refractivity contribution in [2.24, 2.45) is 0 Å². The van der Waals surface area contributed by atoms with Gasteiger partial charge in [-0.3, -0.25) is 14.2 Å². The van der Waals surface area contributed by atoms with E-state index in [-0.39, 0.29) is 12.4 Å². The minimum atomic E-state index is -0.570. The molecule has 0 radical (unpaired) electrons. The van der Waals surface area contributed by atoms with Gasteiger partial charge in [-0.25, -0.2) is 15.0 Å². The van der Waals surface area contributed by atoms with Crippen LogP contribution in [0.4, 0.5) is 5.82 Å². The van der Waals surface area contributed by atoms with Crippen LogP contribution in [0.3, 0.4) is 0 Å². The molecule has 1 aliphatic heterocycles. The summed E-state index contributed by atoms with van der Waals surface area (Å²) in [5.74, 6) is -0.596. The molecule has 1 saturated heterocycles. The summed E-state index contributed by atoms with van der Waals surface area (Å²) in [6, 6.07) is 0. The summed E-state index contributed by atoms with van der Waals surface area (Å²) in [5, 5.41) is 0. The lowest BCUT2D eigenvalue weighted by molar-refractivity contribution is -0.155. The third-order valence-electron chi connectivity index (χ3n) is 3.65. The molecule has 2 N–H and O–H groups in total. The predicted molar refractivity (Wildman–Crippen MR) is 80.4 cm³/mol. The van der Waals surface area contributed by atoms with Gasteiger partial charge in [-0.15, -0.1) is 0 Å². The number of ether oxygens (including phenoxy) is 3. The Morgan fingerprint density at radius 2 is 2.12 bits per heavy atom. The van der Waals surface area contributed by atoms with E-state index in [1.165, 1.54) is 20.2 Å². The zero-order valence-electron chi connectivity index (χ0n) is 13.2. The molecule has 0 aliphatic carbocycles. The van der Waals surface area contributed by atoms with E-state index in [0.717, 1.165) is 0 Å². The van der Waals surface area contributed by atoms with Crippen LogP contribution in [0.1, 0.15) is 26.5 Å². The summed E-state index contributed by atoms with van der Waals surface area (Å²) in [5.41, 5.74) is 6.76. The zero-order chi connectivity index (χ0) is 17.3. The highest BCUT2D eigenvalue weighted by Crippen LogP contribution is 2.33. The summed E-state index contributed by atoms with van der Waals surface area (Å²) in [6.45, 7) is 2.61. The Morgan fingerprint density at radius 1 is 1.33 bits per heavy atom. The Labute approximate surface area is 136 Å². The first-order valence-electron chi connectivity index (χ1n) is 7.34. The van der Waals surface area contributed by atoms with Gasteiger partial charge >= 0.3 is 11.9 Å². The minimum absolute atomic E-state index is 0.00642. The smallest absolute Gasteiger partial charge is 0.303 e. The Morgan fingerprint density at radius 3 is 2.83 bits per heavy atom. The van der Waals surface area contributed by atoms with Crippen LogP contribution in [-0.2, 0) is 23.8 Å². The Balaban J connectivity index is 1.84. The van der Waals surface area contributed by atoms with E-state index in [4.69, 9.17) is 19.9 Å². The number of fused-ring (bicyclic) bond motifs is 1. The number of hydrogen-bond donors (Lipinski definition) is 1. The van der Waals surface area contributed by atoms with Crippen molar-refractivity contribution < 1.29 is 23.8 Å². The molecular formula is C14H17N5O5. The minimum Gasteiger partial charge on any atom is -0.463 e. The number of imidazole rings is 1. The number of nitrogens with zero attached hydrogens (tertiary/aromatic N) is 4. The van der Waals surface area contributed by atoms with Gasteiger partial charge in [0.1, 0.15) is 36.9 Å². The fourth-order valence-corrected chi connectivity index (χ4v) is 2.64. The summed E-state index contributed by atoms with van der Waals surface area (Å²) in [6.07, 6.45) is 1.67. The topological polar surface area (TPSA) is 131 Å². The van der Waals surface area contributed by atoms with Crippen molar-refractivity contribution in [1.82, 2.24) is 19.5 Å². The molecule has 10 nitrogen and oxygen atoms in total. The molecule has 24 heavy (non-hydrogen) atoms. The summed E-state index contributed by atoms with van der Waals surface area (Å²) in [4.78, 5) is 34.6. The maximum atomic E-state index is 11.3. The van der Waals surface area contributed by atoms with Crippen molar-refractivity contribution in [3.8, 4) is 0 Å².